The molecule has 0 fully saturated rings. The molecule has 0 radical (unpaired) electrons. The molecule has 19 heavy (non-hydrogen) atoms. The number of fused-ring (bicyclic) bond motifs is 1. The summed E-state index contributed by atoms with van der Waals surface area (Å²) < 4.78 is 0. The van der Waals surface area contributed by atoms with Crippen molar-refractivity contribution >= 4 is 28.5 Å². The molecule has 1 N–H and O–H groups in total. The van der Waals surface area contributed by atoms with Crippen LogP contribution >= 0.6 is 0 Å². The van der Waals surface area contributed by atoms with Crippen molar-refractivity contribution in [3.05, 3.63) is 67.0 Å². The molecule has 92 valence electrons. The van der Waals surface area contributed by atoms with Gasteiger partial charge in [0, 0.05) is 11.1 Å². The summed E-state index contributed by atoms with van der Waals surface area (Å²) in [5, 5.41) is 4.32. The molecule has 0 aliphatic carbocycles. The number of nitrogens with one attached hydrogen (secondary N) is 1. The molecule has 0 spiro atoms. The first-order chi connectivity index (χ1) is 9.36. The molecule has 0 saturated carbocycles. The molecule has 0 amide bonds. The van der Waals surface area contributed by atoms with Crippen LogP contribution in [0, 0.1) is 0 Å². The number of rotatable bonds is 3. The van der Waals surface area contributed by atoms with Gasteiger partial charge in [-0.1, -0.05) is 36.9 Å². The molecular formula is C16H13N3. The van der Waals surface area contributed by atoms with E-state index < -0.39 is 0 Å². The maximum atomic E-state index is 4.47. The minimum Gasteiger partial charge on any atom is -0.340 e. The van der Waals surface area contributed by atoms with Crippen molar-refractivity contribution in [1.82, 2.24) is 9.97 Å². The van der Waals surface area contributed by atoms with E-state index >= 15 is 0 Å². The SMILES string of the molecule is C=Cc1nc(Nc2ccccc2)c2ccccc2n1. The van der Waals surface area contributed by atoms with Gasteiger partial charge in [-0.25, -0.2) is 9.97 Å². The van der Waals surface area contributed by atoms with E-state index in [0.717, 1.165) is 22.4 Å². The number of hydrogen-bond donors (Lipinski definition) is 1. The molecule has 0 saturated heterocycles. The zero-order valence-electron chi connectivity index (χ0n) is 10.4. The Labute approximate surface area is 111 Å². The van der Waals surface area contributed by atoms with Crippen LogP contribution < -0.4 is 5.32 Å². The van der Waals surface area contributed by atoms with Gasteiger partial charge in [0.2, 0.25) is 0 Å². The van der Waals surface area contributed by atoms with E-state index in [9.17, 15) is 0 Å². The van der Waals surface area contributed by atoms with Gasteiger partial charge in [0.15, 0.2) is 5.82 Å². The maximum Gasteiger partial charge on any atom is 0.154 e. The number of aromatic nitrogens is 2. The number of hydrogen-bond acceptors (Lipinski definition) is 3. The Morgan fingerprint density at radius 3 is 2.42 bits per heavy atom. The summed E-state index contributed by atoms with van der Waals surface area (Å²) >= 11 is 0. The minimum atomic E-state index is 0.622. The number of benzene rings is 2. The predicted octanol–water partition coefficient (Wildman–Crippen LogP) is 4.02. The van der Waals surface area contributed by atoms with Crippen molar-refractivity contribution in [1.29, 1.82) is 0 Å². The van der Waals surface area contributed by atoms with Crippen LogP contribution in [-0.4, -0.2) is 9.97 Å². The Morgan fingerprint density at radius 2 is 1.63 bits per heavy atom. The fraction of sp³-hybridized carbons (Fsp3) is 0. The lowest BCUT2D eigenvalue weighted by molar-refractivity contribution is 1.18. The standard InChI is InChI=1S/C16H13N3/c1-2-15-18-14-11-7-6-10-13(14)16(19-15)17-12-8-4-3-5-9-12/h2-11H,1H2,(H,17,18,19). The molecule has 0 bridgehead atoms. The third kappa shape index (κ3) is 2.31. The Bertz CT molecular complexity index is 720. The molecule has 0 unspecified atom stereocenters. The van der Waals surface area contributed by atoms with Crippen LogP contribution in [-0.2, 0) is 0 Å². The van der Waals surface area contributed by atoms with E-state index in [1.807, 2.05) is 54.6 Å². The lowest BCUT2D eigenvalue weighted by Crippen LogP contribution is -1.98. The van der Waals surface area contributed by atoms with E-state index in [2.05, 4.69) is 21.9 Å². The largest absolute Gasteiger partial charge is 0.340 e. The molecule has 0 aliphatic heterocycles. The van der Waals surface area contributed by atoms with Crippen molar-refractivity contribution in [2.45, 2.75) is 0 Å². The van der Waals surface area contributed by atoms with Crippen molar-refractivity contribution in [2.24, 2.45) is 0 Å². The van der Waals surface area contributed by atoms with Gasteiger partial charge < -0.3 is 5.32 Å². The third-order valence-corrected chi connectivity index (χ3v) is 2.84. The molecule has 1 heterocycles. The summed E-state index contributed by atoms with van der Waals surface area (Å²) in [6, 6.07) is 17.9. The van der Waals surface area contributed by atoms with E-state index in [-0.39, 0.29) is 0 Å². The smallest absolute Gasteiger partial charge is 0.154 e. The minimum absolute atomic E-state index is 0.622. The molecule has 0 atom stereocenters. The zero-order chi connectivity index (χ0) is 13.1. The second kappa shape index (κ2) is 4.90. The van der Waals surface area contributed by atoms with Crippen molar-refractivity contribution in [3.8, 4) is 0 Å². The highest BCUT2D eigenvalue weighted by molar-refractivity contribution is 5.91. The molecule has 2 aromatic carbocycles. The van der Waals surface area contributed by atoms with Crippen LogP contribution in [0.5, 0.6) is 0 Å². The quantitative estimate of drug-likeness (QED) is 0.759. The fourth-order valence-electron chi connectivity index (χ4n) is 1.94. The summed E-state index contributed by atoms with van der Waals surface area (Å²) in [5.74, 6) is 1.42. The van der Waals surface area contributed by atoms with Crippen molar-refractivity contribution in [3.63, 3.8) is 0 Å². The average Bonchev–Trinajstić information content (AvgIpc) is 2.48. The van der Waals surface area contributed by atoms with Crippen LogP contribution in [0.4, 0.5) is 11.5 Å². The van der Waals surface area contributed by atoms with E-state index in [0.29, 0.717) is 5.82 Å². The number of para-hydroxylation sites is 2. The van der Waals surface area contributed by atoms with Gasteiger partial charge in [0.05, 0.1) is 5.52 Å². The molecule has 3 nitrogen and oxygen atoms in total. The van der Waals surface area contributed by atoms with E-state index in [1.165, 1.54) is 0 Å². The Kier molecular flexibility index (Phi) is 2.94. The summed E-state index contributed by atoms with van der Waals surface area (Å²) in [7, 11) is 0. The Morgan fingerprint density at radius 1 is 0.895 bits per heavy atom. The lowest BCUT2D eigenvalue weighted by Gasteiger charge is -2.09. The molecular weight excluding hydrogens is 234 g/mol. The van der Waals surface area contributed by atoms with Gasteiger partial charge in [0.1, 0.15) is 5.82 Å². The first-order valence-electron chi connectivity index (χ1n) is 6.08. The van der Waals surface area contributed by atoms with E-state index in [4.69, 9.17) is 0 Å². The van der Waals surface area contributed by atoms with Crippen molar-refractivity contribution in [2.75, 3.05) is 5.32 Å². The lowest BCUT2D eigenvalue weighted by atomic mass is 10.2. The third-order valence-electron chi connectivity index (χ3n) is 2.84. The Hall–Kier alpha value is -2.68. The first kappa shape index (κ1) is 11.4. The summed E-state index contributed by atoms with van der Waals surface area (Å²) in [4.78, 5) is 8.90. The molecule has 3 aromatic rings. The van der Waals surface area contributed by atoms with Gasteiger partial charge in [-0.2, -0.15) is 0 Å². The van der Waals surface area contributed by atoms with Crippen LogP contribution in [0.15, 0.2) is 61.2 Å². The van der Waals surface area contributed by atoms with Crippen LogP contribution in [0.2, 0.25) is 0 Å². The molecule has 0 aliphatic rings. The second-order valence-corrected chi connectivity index (χ2v) is 4.14. The summed E-state index contributed by atoms with van der Waals surface area (Å²) in [5.41, 5.74) is 1.91. The highest BCUT2D eigenvalue weighted by Crippen LogP contribution is 2.23. The monoisotopic (exact) mass is 247 g/mol. The number of anilines is 2. The van der Waals surface area contributed by atoms with Gasteiger partial charge in [-0.15, -0.1) is 0 Å². The van der Waals surface area contributed by atoms with Gasteiger partial charge in [-0.3, -0.25) is 0 Å². The predicted molar refractivity (Wildman–Crippen MR) is 79.4 cm³/mol. The van der Waals surface area contributed by atoms with Gasteiger partial charge in [-0.05, 0) is 30.3 Å². The van der Waals surface area contributed by atoms with Gasteiger partial charge >= 0.3 is 0 Å². The average molecular weight is 247 g/mol. The zero-order valence-corrected chi connectivity index (χ0v) is 10.4. The maximum absolute atomic E-state index is 4.47. The van der Waals surface area contributed by atoms with E-state index in [1.54, 1.807) is 6.08 Å². The molecule has 3 heteroatoms. The number of nitrogens with zero attached hydrogens (tertiary/aromatic N) is 2. The van der Waals surface area contributed by atoms with Crippen LogP contribution in [0.3, 0.4) is 0 Å². The summed E-state index contributed by atoms with van der Waals surface area (Å²) in [6.45, 7) is 3.73. The highest BCUT2D eigenvalue weighted by atomic mass is 15.0. The fourth-order valence-corrected chi connectivity index (χ4v) is 1.94. The highest BCUT2D eigenvalue weighted by Gasteiger charge is 2.05. The molecule has 1 aromatic heterocycles. The summed E-state index contributed by atoms with van der Waals surface area (Å²) in [6.07, 6.45) is 1.66. The van der Waals surface area contributed by atoms with Gasteiger partial charge in [0.25, 0.3) is 0 Å². The molecule has 3 rings (SSSR count). The van der Waals surface area contributed by atoms with Crippen molar-refractivity contribution < 1.29 is 0 Å². The normalized spacial score (nSPS) is 10.3. The Balaban J connectivity index is 2.13. The van der Waals surface area contributed by atoms with Crippen LogP contribution in [0.1, 0.15) is 5.82 Å². The first-order valence-corrected chi connectivity index (χ1v) is 6.08. The second-order valence-electron chi connectivity index (χ2n) is 4.14. The topological polar surface area (TPSA) is 37.8 Å². The van der Waals surface area contributed by atoms with Crippen LogP contribution in [0.25, 0.3) is 17.0 Å².